The van der Waals surface area contributed by atoms with Crippen molar-refractivity contribution in [3.63, 3.8) is 0 Å². The lowest BCUT2D eigenvalue weighted by atomic mass is 9.87. The molecule has 1 heterocycles. The van der Waals surface area contributed by atoms with Crippen LogP contribution in [0.25, 0.3) is 0 Å². The lowest BCUT2D eigenvalue weighted by Crippen LogP contribution is -2.48. The maximum absolute atomic E-state index is 9.51. The summed E-state index contributed by atoms with van der Waals surface area (Å²) in [5.41, 5.74) is 5.69. The Hall–Kier alpha value is -0.160. The van der Waals surface area contributed by atoms with Gasteiger partial charge in [-0.2, -0.15) is 0 Å². The minimum absolute atomic E-state index is 0.0327. The fraction of sp³-hybridized carbons (Fsp3) is 1.00. The first-order chi connectivity index (χ1) is 9.29. The molecule has 19 heavy (non-hydrogen) atoms. The number of nitrogens with one attached hydrogen (secondary N) is 1. The molecule has 0 bridgehead atoms. The van der Waals surface area contributed by atoms with E-state index in [1.54, 1.807) is 0 Å². The van der Waals surface area contributed by atoms with Crippen molar-refractivity contribution in [1.29, 1.82) is 0 Å². The van der Waals surface area contributed by atoms with Crippen LogP contribution in [-0.4, -0.2) is 54.9 Å². The number of likely N-dealkylation sites (tertiary alicyclic amines) is 1. The maximum Gasteiger partial charge on any atom is 0.0540 e. The Morgan fingerprint density at radius 1 is 1.05 bits per heavy atom. The van der Waals surface area contributed by atoms with E-state index in [1.165, 1.54) is 38.6 Å². The summed E-state index contributed by atoms with van der Waals surface area (Å²) in [5.74, 6) is 0.773. The van der Waals surface area contributed by atoms with Gasteiger partial charge in [0.2, 0.25) is 0 Å². The summed E-state index contributed by atoms with van der Waals surface area (Å²) in [7, 11) is 0. The lowest BCUT2D eigenvalue weighted by Gasteiger charge is -2.36. The van der Waals surface area contributed by atoms with Crippen LogP contribution >= 0.6 is 0 Å². The minimum Gasteiger partial charge on any atom is -0.393 e. The van der Waals surface area contributed by atoms with E-state index in [2.05, 4.69) is 10.2 Å². The summed E-state index contributed by atoms with van der Waals surface area (Å²) in [5, 5.41) is 13.2. The molecule has 1 atom stereocenters. The highest BCUT2D eigenvalue weighted by Crippen LogP contribution is 2.23. The highest BCUT2D eigenvalue weighted by atomic mass is 16.3. The standard InChI is InChI=1S/C15H31N3O/c16-8-10-18-9-2-1-3-14(18)12-17-11-13-4-6-15(19)7-5-13/h13-15,17,19H,1-12,16H2. The van der Waals surface area contributed by atoms with E-state index in [-0.39, 0.29) is 6.10 Å². The zero-order valence-corrected chi connectivity index (χ0v) is 12.2. The molecule has 0 amide bonds. The maximum atomic E-state index is 9.51. The number of hydrogen-bond acceptors (Lipinski definition) is 4. The Bertz CT molecular complexity index is 240. The van der Waals surface area contributed by atoms with Crippen molar-refractivity contribution in [2.75, 3.05) is 32.7 Å². The van der Waals surface area contributed by atoms with Crippen LogP contribution in [-0.2, 0) is 0 Å². The number of piperidine rings is 1. The van der Waals surface area contributed by atoms with E-state index in [1.807, 2.05) is 0 Å². The second-order valence-electron chi connectivity index (χ2n) is 6.31. The van der Waals surface area contributed by atoms with Crippen molar-refractivity contribution in [1.82, 2.24) is 10.2 Å². The molecule has 112 valence electrons. The largest absolute Gasteiger partial charge is 0.393 e. The molecule has 1 unspecified atom stereocenters. The third kappa shape index (κ3) is 5.03. The van der Waals surface area contributed by atoms with Gasteiger partial charge in [0.05, 0.1) is 6.10 Å². The zero-order valence-electron chi connectivity index (χ0n) is 12.2. The second kappa shape index (κ2) is 8.20. The number of aliphatic hydroxyl groups excluding tert-OH is 1. The summed E-state index contributed by atoms with van der Waals surface area (Å²) in [6.07, 6.45) is 8.34. The van der Waals surface area contributed by atoms with Crippen LogP contribution in [0, 0.1) is 5.92 Å². The molecule has 0 aromatic carbocycles. The summed E-state index contributed by atoms with van der Waals surface area (Å²) in [6, 6.07) is 0.687. The monoisotopic (exact) mass is 269 g/mol. The van der Waals surface area contributed by atoms with Gasteiger partial charge in [0, 0.05) is 25.7 Å². The van der Waals surface area contributed by atoms with Gasteiger partial charge in [-0.05, 0) is 57.5 Å². The summed E-state index contributed by atoms with van der Waals surface area (Å²) >= 11 is 0. The Morgan fingerprint density at radius 2 is 1.84 bits per heavy atom. The van der Waals surface area contributed by atoms with Gasteiger partial charge >= 0.3 is 0 Å². The molecule has 0 spiro atoms. The normalized spacial score (nSPS) is 33.5. The van der Waals surface area contributed by atoms with Crippen LogP contribution in [0.15, 0.2) is 0 Å². The van der Waals surface area contributed by atoms with E-state index in [0.29, 0.717) is 6.04 Å². The third-order valence-corrected chi connectivity index (χ3v) is 4.79. The molecule has 2 fully saturated rings. The fourth-order valence-corrected chi connectivity index (χ4v) is 3.55. The van der Waals surface area contributed by atoms with Crippen molar-refractivity contribution in [2.45, 2.75) is 57.1 Å². The van der Waals surface area contributed by atoms with Gasteiger partial charge in [-0.25, -0.2) is 0 Å². The zero-order chi connectivity index (χ0) is 13.5. The molecule has 4 nitrogen and oxygen atoms in total. The number of nitrogens with zero attached hydrogens (tertiary/aromatic N) is 1. The van der Waals surface area contributed by atoms with Crippen LogP contribution < -0.4 is 11.1 Å². The Kier molecular flexibility index (Phi) is 6.57. The number of rotatable bonds is 6. The summed E-state index contributed by atoms with van der Waals surface area (Å²) < 4.78 is 0. The Morgan fingerprint density at radius 3 is 2.58 bits per heavy atom. The van der Waals surface area contributed by atoms with Crippen LogP contribution in [0.1, 0.15) is 44.9 Å². The van der Waals surface area contributed by atoms with Crippen molar-refractivity contribution < 1.29 is 5.11 Å². The molecule has 1 aliphatic heterocycles. The number of aliphatic hydroxyl groups is 1. The first-order valence-electron chi connectivity index (χ1n) is 8.12. The molecule has 0 aromatic rings. The van der Waals surface area contributed by atoms with Crippen molar-refractivity contribution in [3.05, 3.63) is 0 Å². The van der Waals surface area contributed by atoms with E-state index < -0.39 is 0 Å². The van der Waals surface area contributed by atoms with Crippen molar-refractivity contribution >= 4 is 0 Å². The van der Waals surface area contributed by atoms with Crippen LogP contribution in [0.3, 0.4) is 0 Å². The average molecular weight is 269 g/mol. The number of nitrogens with two attached hydrogens (primary N) is 1. The quantitative estimate of drug-likeness (QED) is 0.671. The van der Waals surface area contributed by atoms with Gasteiger partial charge in [-0.1, -0.05) is 6.42 Å². The molecule has 4 heteroatoms. The van der Waals surface area contributed by atoms with Crippen LogP contribution in [0.2, 0.25) is 0 Å². The predicted molar refractivity (Wildman–Crippen MR) is 79.1 cm³/mol. The lowest BCUT2D eigenvalue weighted by molar-refractivity contribution is 0.106. The van der Waals surface area contributed by atoms with Gasteiger partial charge in [-0.3, -0.25) is 4.90 Å². The molecular formula is C15H31N3O. The smallest absolute Gasteiger partial charge is 0.0540 e. The molecular weight excluding hydrogens is 238 g/mol. The Balaban J connectivity index is 1.63. The van der Waals surface area contributed by atoms with Crippen LogP contribution in [0.4, 0.5) is 0 Å². The summed E-state index contributed by atoms with van der Waals surface area (Å²) in [4.78, 5) is 2.56. The van der Waals surface area contributed by atoms with Gasteiger partial charge < -0.3 is 16.2 Å². The van der Waals surface area contributed by atoms with Crippen LogP contribution in [0.5, 0.6) is 0 Å². The van der Waals surface area contributed by atoms with E-state index in [9.17, 15) is 5.11 Å². The molecule has 1 saturated carbocycles. The molecule has 2 aliphatic rings. The minimum atomic E-state index is -0.0327. The molecule has 0 radical (unpaired) electrons. The fourth-order valence-electron chi connectivity index (χ4n) is 3.55. The van der Waals surface area contributed by atoms with E-state index in [4.69, 9.17) is 5.73 Å². The topological polar surface area (TPSA) is 61.5 Å². The van der Waals surface area contributed by atoms with Gasteiger partial charge in [0.15, 0.2) is 0 Å². The van der Waals surface area contributed by atoms with Gasteiger partial charge in [0.1, 0.15) is 0 Å². The van der Waals surface area contributed by atoms with Crippen molar-refractivity contribution in [3.8, 4) is 0 Å². The van der Waals surface area contributed by atoms with Crippen molar-refractivity contribution in [2.24, 2.45) is 11.7 Å². The van der Waals surface area contributed by atoms with Gasteiger partial charge in [-0.15, -0.1) is 0 Å². The highest BCUT2D eigenvalue weighted by molar-refractivity contribution is 4.80. The SMILES string of the molecule is NCCN1CCCCC1CNCC1CCC(O)CC1. The highest BCUT2D eigenvalue weighted by Gasteiger charge is 2.22. The first-order valence-corrected chi connectivity index (χ1v) is 8.12. The van der Waals surface area contributed by atoms with Gasteiger partial charge in [0.25, 0.3) is 0 Å². The molecule has 2 rings (SSSR count). The molecule has 1 aliphatic carbocycles. The van der Waals surface area contributed by atoms with E-state index >= 15 is 0 Å². The third-order valence-electron chi connectivity index (χ3n) is 4.79. The predicted octanol–water partition coefficient (Wildman–Crippen LogP) is 0.940. The van der Waals surface area contributed by atoms with E-state index in [0.717, 1.165) is 44.9 Å². The molecule has 1 saturated heterocycles. The first kappa shape index (κ1) is 15.2. The molecule has 0 aromatic heterocycles. The number of hydrogen-bond donors (Lipinski definition) is 3. The average Bonchev–Trinajstić information content (AvgIpc) is 2.43. The second-order valence-corrected chi connectivity index (χ2v) is 6.31. The molecule has 4 N–H and O–H groups in total. The Labute approximate surface area is 117 Å². The summed E-state index contributed by atoms with van der Waals surface area (Å²) in [6.45, 7) is 5.27.